The van der Waals surface area contributed by atoms with E-state index in [2.05, 4.69) is 4.74 Å². The molecule has 3 atom stereocenters. The first-order valence-corrected chi connectivity index (χ1v) is 3.52. The van der Waals surface area contributed by atoms with Gasteiger partial charge in [0.25, 0.3) is 0 Å². The summed E-state index contributed by atoms with van der Waals surface area (Å²) >= 11 is 0. The Balaban J connectivity index is 1.98. The second kappa shape index (κ2) is 1.95. The van der Waals surface area contributed by atoms with Gasteiger partial charge in [-0.2, -0.15) is 0 Å². The Morgan fingerprint density at radius 3 is 2.90 bits per heavy atom. The zero-order chi connectivity index (χ0) is 7.14. The summed E-state index contributed by atoms with van der Waals surface area (Å²) in [5, 5.41) is 0. The number of methoxy groups -OCH3 is 1. The second-order valence-electron chi connectivity index (χ2n) is 2.94. The Morgan fingerprint density at radius 2 is 2.50 bits per heavy atom. The molecule has 1 saturated carbocycles. The smallest absolute Gasteiger partial charge is 0.335 e. The van der Waals surface area contributed by atoms with Gasteiger partial charge in [-0.1, -0.05) is 0 Å². The Bertz CT molecular complexity index is 166. The third-order valence-corrected chi connectivity index (χ3v) is 2.29. The number of carbonyl (C=O) groups is 1. The molecule has 0 spiro atoms. The van der Waals surface area contributed by atoms with Gasteiger partial charge in [0.15, 0.2) is 6.10 Å². The highest BCUT2D eigenvalue weighted by Gasteiger charge is 2.52. The Labute approximate surface area is 59.3 Å². The van der Waals surface area contributed by atoms with Gasteiger partial charge < -0.3 is 9.47 Å². The van der Waals surface area contributed by atoms with Crippen molar-refractivity contribution in [3.8, 4) is 0 Å². The van der Waals surface area contributed by atoms with Gasteiger partial charge in [0.05, 0.1) is 13.7 Å². The monoisotopic (exact) mass is 142 g/mol. The second-order valence-corrected chi connectivity index (χ2v) is 2.94. The average molecular weight is 142 g/mol. The number of rotatable bonds is 1. The standard InChI is InChI=1S/C7H10O3/c1-9-7(8)6-5-2-4(5)3-10-6/h4-6H,2-3H2,1H3. The number of hydrogen-bond acceptors (Lipinski definition) is 3. The van der Waals surface area contributed by atoms with Crippen LogP contribution in [0.5, 0.6) is 0 Å². The molecule has 1 saturated heterocycles. The zero-order valence-corrected chi connectivity index (χ0v) is 5.87. The summed E-state index contributed by atoms with van der Waals surface area (Å²) in [7, 11) is 1.40. The van der Waals surface area contributed by atoms with E-state index in [0.717, 1.165) is 13.0 Å². The van der Waals surface area contributed by atoms with Gasteiger partial charge in [-0.25, -0.2) is 4.79 Å². The minimum absolute atomic E-state index is 0.204. The van der Waals surface area contributed by atoms with E-state index in [4.69, 9.17) is 4.74 Å². The van der Waals surface area contributed by atoms with Gasteiger partial charge in [0.2, 0.25) is 0 Å². The first-order valence-electron chi connectivity index (χ1n) is 3.52. The van der Waals surface area contributed by atoms with Crippen LogP contribution in [0.1, 0.15) is 6.42 Å². The van der Waals surface area contributed by atoms with Crippen LogP contribution in [0.4, 0.5) is 0 Å². The van der Waals surface area contributed by atoms with Crippen molar-refractivity contribution in [2.45, 2.75) is 12.5 Å². The molecule has 3 heteroatoms. The van der Waals surface area contributed by atoms with Crippen molar-refractivity contribution >= 4 is 5.97 Å². The van der Waals surface area contributed by atoms with E-state index in [1.165, 1.54) is 7.11 Å². The summed E-state index contributed by atoms with van der Waals surface area (Å²) in [6, 6.07) is 0. The van der Waals surface area contributed by atoms with Crippen LogP contribution < -0.4 is 0 Å². The number of fused-ring (bicyclic) bond motifs is 1. The fourth-order valence-electron chi connectivity index (χ4n) is 1.54. The van der Waals surface area contributed by atoms with Gasteiger partial charge in [0, 0.05) is 5.92 Å². The van der Waals surface area contributed by atoms with E-state index < -0.39 is 0 Å². The van der Waals surface area contributed by atoms with Crippen molar-refractivity contribution in [2.75, 3.05) is 13.7 Å². The molecule has 0 aromatic carbocycles. The normalized spacial score (nSPS) is 42.7. The van der Waals surface area contributed by atoms with Gasteiger partial charge in [-0.05, 0) is 12.3 Å². The summed E-state index contributed by atoms with van der Waals surface area (Å²) in [5.74, 6) is 0.932. The lowest BCUT2D eigenvalue weighted by molar-refractivity contribution is -0.152. The molecule has 3 unspecified atom stereocenters. The lowest BCUT2D eigenvalue weighted by Gasteiger charge is -2.07. The van der Waals surface area contributed by atoms with E-state index >= 15 is 0 Å². The van der Waals surface area contributed by atoms with Crippen LogP contribution >= 0.6 is 0 Å². The largest absolute Gasteiger partial charge is 0.467 e. The molecular formula is C7H10O3. The third-order valence-electron chi connectivity index (χ3n) is 2.29. The van der Waals surface area contributed by atoms with Crippen molar-refractivity contribution in [1.82, 2.24) is 0 Å². The predicted molar refractivity (Wildman–Crippen MR) is 33.4 cm³/mol. The molecular weight excluding hydrogens is 132 g/mol. The van der Waals surface area contributed by atoms with Crippen LogP contribution in [-0.2, 0) is 14.3 Å². The minimum Gasteiger partial charge on any atom is -0.467 e. The van der Waals surface area contributed by atoms with Crippen LogP contribution in [0.15, 0.2) is 0 Å². The lowest BCUT2D eigenvalue weighted by Crippen LogP contribution is -2.24. The predicted octanol–water partition coefficient (Wildman–Crippen LogP) is 0.194. The highest BCUT2D eigenvalue weighted by atomic mass is 16.6. The molecule has 2 fully saturated rings. The van der Waals surface area contributed by atoms with Gasteiger partial charge in [-0.15, -0.1) is 0 Å². The highest BCUT2D eigenvalue weighted by Crippen LogP contribution is 2.48. The number of hydrogen-bond donors (Lipinski definition) is 0. The quantitative estimate of drug-likeness (QED) is 0.490. The van der Waals surface area contributed by atoms with Crippen molar-refractivity contribution in [3.63, 3.8) is 0 Å². The first-order chi connectivity index (χ1) is 4.83. The van der Waals surface area contributed by atoms with Gasteiger partial charge in [-0.3, -0.25) is 0 Å². The molecule has 0 N–H and O–H groups in total. The summed E-state index contributed by atoms with van der Waals surface area (Å²) in [6.45, 7) is 0.754. The van der Waals surface area contributed by atoms with E-state index in [9.17, 15) is 4.79 Å². The molecule has 2 aliphatic rings. The Morgan fingerprint density at radius 1 is 1.70 bits per heavy atom. The molecule has 0 aromatic rings. The van der Waals surface area contributed by atoms with Crippen molar-refractivity contribution in [3.05, 3.63) is 0 Å². The van der Waals surface area contributed by atoms with Gasteiger partial charge in [0.1, 0.15) is 0 Å². The minimum atomic E-state index is -0.241. The molecule has 3 nitrogen and oxygen atoms in total. The molecule has 0 amide bonds. The van der Waals surface area contributed by atoms with Crippen LogP contribution in [0.2, 0.25) is 0 Å². The van der Waals surface area contributed by atoms with Crippen LogP contribution in [0.3, 0.4) is 0 Å². The van der Waals surface area contributed by atoms with E-state index in [0.29, 0.717) is 11.8 Å². The first kappa shape index (κ1) is 6.16. The number of esters is 1. The summed E-state index contributed by atoms with van der Waals surface area (Å²) in [6.07, 6.45) is 0.912. The fourth-order valence-corrected chi connectivity index (χ4v) is 1.54. The van der Waals surface area contributed by atoms with Crippen LogP contribution in [0.25, 0.3) is 0 Å². The van der Waals surface area contributed by atoms with Crippen molar-refractivity contribution in [2.24, 2.45) is 11.8 Å². The molecule has 1 heterocycles. The SMILES string of the molecule is COC(=O)C1OCC2CC21. The molecule has 1 aliphatic carbocycles. The number of carbonyl (C=O) groups excluding carboxylic acids is 1. The molecule has 0 bridgehead atoms. The molecule has 56 valence electrons. The third kappa shape index (κ3) is 0.736. The van der Waals surface area contributed by atoms with Crippen molar-refractivity contribution < 1.29 is 14.3 Å². The van der Waals surface area contributed by atoms with Crippen LogP contribution in [-0.4, -0.2) is 25.8 Å². The maximum absolute atomic E-state index is 10.9. The number of ether oxygens (including phenoxy) is 2. The topological polar surface area (TPSA) is 35.5 Å². The Hall–Kier alpha value is -0.570. The van der Waals surface area contributed by atoms with Crippen LogP contribution in [0, 0.1) is 11.8 Å². The molecule has 0 aromatic heterocycles. The summed E-state index contributed by atoms with van der Waals surface area (Å²) in [5.41, 5.74) is 0. The highest BCUT2D eigenvalue weighted by molar-refractivity contribution is 5.75. The van der Waals surface area contributed by atoms with Crippen molar-refractivity contribution in [1.29, 1.82) is 0 Å². The maximum Gasteiger partial charge on any atom is 0.335 e. The average Bonchev–Trinajstić information content (AvgIpc) is 2.62. The van der Waals surface area contributed by atoms with E-state index in [1.807, 2.05) is 0 Å². The maximum atomic E-state index is 10.9. The summed E-state index contributed by atoms with van der Waals surface area (Å²) < 4.78 is 9.76. The lowest BCUT2D eigenvalue weighted by atomic mass is 10.2. The molecule has 1 aliphatic heterocycles. The fraction of sp³-hybridized carbons (Fsp3) is 0.857. The molecule has 2 rings (SSSR count). The summed E-state index contributed by atoms with van der Waals surface area (Å²) in [4.78, 5) is 10.9. The van der Waals surface area contributed by atoms with E-state index in [-0.39, 0.29) is 12.1 Å². The molecule has 0 radical (unpaired) electrons. The van der Waals surface area contributed by atoms with Gasteiger partial charge >= 0.3 is 5.97 Å². The molecule has 10 heavy (non-hydrogen) atoms. The Kier molecular flexibility index (Phi) is 1.20. The zero-order valence-electron chi connectivity index (χ0n) is 5.87. The van der Waals surface area contributed by atoms with E-state index in [1.54, 1.807) is 0 Å².